The van der Waals surface area contributed by atoms with E-state index in [1.54, 1.807) is 38.5 Å². The summed E-state index contributed by atoms with van der Waals surface area (Å²) in [5, 5.41) is 0. The number of para-hydroxylation sites is 1. The molecule has 0 aromatic heterocycles. The standard InChI is InChI=1S/C21H27N3O5S/c1-15-13-23(14-17-5-4-6-19(28-2)20(17)29-3)11-12-24(15)21(25)16-7-9-18(10-8-16)22-30(26)27/h4-10,15,22H,11-14H2,1-3H3,(H,26,27)/t15-/m1/s1. The molecule has 1 saturated heterocycles. The quantitative estimate of drug-likeness (QED) is 0.653. The molecule has 0 bridgehead atoms. The summed E-state index contributed by atoms with van der Waals surface area (Å²) >= 11 is -2.14. The number of nitrogens with one attached hydrogen (secondary N) is 1. The molecule has 0 spiro atoms. The Morgan fingerprint density at radius 1 is 1.17 bits per heavy atom. The Bertz CT molecular complexity index is 906. The van der Waals surface area contributed by atoms with E-state index in [1.165, 1.54) is 0 Å². The average Bonchev–Trinajstić information content (AvgIpc) is 2.73. The van der Waals surface area contributed by atoms with Crippen LogP contribution in [-0.4, -0.2) is 64.4 Å². The lowest BCUT2D eigenvalue weighted by atomic mass is 10.1. The molecule has 9 heteroatoms. The molecule has 1 heterocycles. The number of rotatable bonds is 7. The highest BCUT2D eigenvalue weighted by atomic mass is 32.2. The minimum Gasteiger partial charge on any atom is -0.493 e. The summed E-state index contributed by atoms with van der Waals surface area (Å²) in [6, 6.07) is 12.5. The van der Waals surface area contributed by atoms with Crippen LogP contribution in [0.2, 0.25) is 0 Å². The molecular formula is C21H27N3O5S. The number of nitrogens with zero attached hydrogens (tertiary/aromatic N) is 2. The number of carbonyl (C=O) groups is 1. The number of hydrogen-bond donors (Lipinski definition) is 2. The highest BCUT2D eigenvalue weighted by Crippen LogP contribution is 2.32. The van der Waals surface area contributed by atoms with Gasteiger partial charge in [0.05, 0.1) is 14.2 Å². The van der Waals surface area contributed by atoms with E-state index < -0.39 is 11.3 Å². The average molecular weight is 434 g/mol. The fraction of sp³-hybridized carbons (Fsp3) is 0.381. The Labute approximate surface area is 179 Å². The zero-order valence-electron chi connectivity index (χ0n) is 17.3. The molecule has 8 nitrogen and oxygen atoms in total. The molecule has 1 amide bonds. The minimum absolute atomic E-state index is 0.0437. The molecule has 1 aliphatic rings. The van der Waals surface area contributed by atoms with Gasteiger partial charge in [0.2, 0.25) is 0 Å². The van der Waals surface area contributed by atoms with E-state index in [0.717, 1.165) is 24.4 Å². The lowest BCUT2D eigenvalue weighted by molar-refractivity contribution is 0.0474. The predicted octanol–water partition coefficient (Wildman–Crippen LogP) is 2.60. The summed E-state index contributed by atoms with van der Waals surface area (Å²) in [6.07, 6.45) is 0. The van der Waals surface area contributed by atoms with Crippen molar-refractivity contribution in [2.24, 2.45) is 0 Å². The van der Waals surface area contributed by atoms with E-state index in [-0.39, 0.29) is 11.9 Å². The topological polar surface area (TPSA) is 91.3 Å². The number of ether oxygens (including phenoxy) is 2. The largest absolute Gasteiger partial charge is 0.493 e. The van der Waals surface area contributed by atoms with Crippen molar-refractivity contribution in [3.63, 3.8) is 0 Å². The zero-order valence-corrected chi connectivity index (χ0v) is 18.1. The first kappa shape index (κ1) is 22.1. The van der Waals surface area contributed by atoms with Gasteiger partial charge in [-0.25, -0.2) is 4.21 Å². The van der Waals surface area contributed by atoms with Crippen LogP contribution >= 0.6 is 0 Å². The second-order valence-electron chi connectivity index (χ2n) is 7.16. The molecule has 1 fully saturated rings. The van der Waals surface area contributed by atoms with Gasteiger partial charge < -0.3 is 14.4 Å². The summed E-state index contributed by atoms with van der Waals surface area (Å²) in [7, 11) is 3.26. The van der Waals surface area contributed by atoms with E-state index in [1.807, 2.05) is 30.0 Å². The number of benzene rings is 2. The van der Waals surface area contributed by atoms with Crippen LogP contribution in [0.1, 0.15) is 22.8 Å². The van der Waals surface area contributed by atoms with Crippen molar-refractivity contribution in [3.8, 4) is 11.5 Å². The first-order valence-electron chi connectivity index (χ1n) is 9.63. The van der Waals surface area contributed by atoms with Gasteiger partial charge in [0, 0.05) is 49.0 Å². The number of piperazine rings is 1. The smallest absolute Gasteiger partial charge is 0.259 e. The summed E-state index contributed by atoms with van der Waals surface area (Å²) in [5.41, 5.74) is 2.09. The van der Waals surface area contributed by atoms with Gasteiger partial charge in [-0.3, -0.25) is 19.0 Å². The van der Waals surface area contributed by atoms with Crippen molar-refractivity contribution in [1.82, 2.24) is 9.80 Å². The van der Waals surface area contributed by atoms with Gasteiger partial charge in [-0.2, -0.15) is 0 Å². The molecule has 3 rings (SSSR count). The molecule has 2 N–H and O–H groups in total. The van der Waals surface area contributed by atoms with Gasteiger partial charge in [0.15, 0.2) is 11.5 Å². The normalized spacial score (nSPS) is 18.0. The highest BCUT2D eigenvalue weighted by Gasteiger charge is 2.28. The number of hydrogen-bond acceptors (Lipinski definition) is 5. The molecule has 30 heavy (non-hydrogen) atoms. The van der Waals surface area contributed by atoms with E-state index in [2.05, 4.69) is 9.62 Å². The van der Waals surface area contributed by atoms with Gasteiger partial charge in [0.1, 0.15) is 0 Å². The summed E-state index contributed by atoms with van der Waals surface area (Å²) < 4.78 is 33.0. The third-order valence-corrected chi connectivity index (χ3v) is 5.60. The third kappa shape index (κ3) is 5.10. The van der Waals surface area contributed by atoms with Gasteiger partial charge in [-0.05, 0) is 37.3 Å². The van der Waals surface area contributed by atoms with Crippen LogP contribution in [0.5, 0.6) is 11.5 Å². The van der Waals surface area contributed by atoms with Crippen molar-refractivity contribution >= 4 is 22.9 Å². The Morgan fingerprint density at radius 2 is 1.90 bits per heavy atom. The number of carbonyl (C=O) groups excluding carboxylic acids is 1. The first-order valence-corrected chi connectivity index (χ1v) is 10.7. The van der Waals surface area contributed by atoms with Crippen LogP contribution in [0.15, 0.2) is 42.5 Å². The SMILES string of the molecule is COc1cccc(CN2CCN(C(=O)c3ccc(NS(=O)O)cc3)[C@H](C)C2)c1OC. The molecule has 0 aliphatic carbocycles. The van der Waals surface area contributed by atoms with Gasteiger partial charge in [-0.15, -0.1) is 0 Å². The Hall–Kier alpha value is -2.62. The Kier molecular flexibility index (Phi) is 7.30. The van der Waals surface area contributed by atoms with Crippen molar-refractivity contribution < 1.29 is 23.0 Å². The second-order valence-corrected chi connectivity index (χ2v) is 7.87. The summed E-state index contributed by atoms with van der Waals surface area (Å²) in [6.45, 7) is 4.87. The van der Waals surface area contributed by atoms with E-state index >= 15 is 0 Å². The van der Waals surface area contributed by atoms with Crippen LogP contribution in [0.3, 0.4) is 0 Å². The van der Waals surface area contributed by atoms with Gasteiger partial charge >= 0.3 is 0 Å². The number of methoxy groups -OCH3 is 2. The minimum atomic E-state index is -2.14. The lowest BCUT2D eigenvalue weighted by Crippen LogP contribution is -2.53. The second kappa shape index (κ2) is 9.92. The van der Waals surface area contributed by atoms with E-state index in [0.29, 0.717) is 30.1 Å². The monoisotopic (exact) mass is 433 g/mol. The fourth-order valence-corrected chi connectivity index (χ4v) is 4.08. The van der Waals surface area contributed by atoms with Gasteiger partial charge in [0.25, 0.3) is 17.2 Å². The van der Waals surface area contributed by atoms with Crippen LogP contribution in [0.25, 0.3) is 0 Å². The molecule has 2 aromatic carbocycles. The maximum Gasteiger partial charge on any atom is 0.259 e. The third-order valence-electron chi connectivity index (χ3n) is 5.19. The van der Waals surface area contributed by atoms with Crippen LogP contribution in [0, 0.1) is 0 Å². The van der Waals surface area contributed by atoms with Crippen LogP contribution < -0.4 is 14.2 Å². The Balaban J connectivity index is 1.64. The fourth-order valence-electron chi connectivity index (χ4n) is 3.74. The highest BCUT2D eigenvalue weighted by molar-refractivity contribution is 7.80. The molecule has 0 saturated carbocycles. The molecule has 162 valence electrons. The molecule has 1 aliphatic heterocycles. The number of anilines is 1. The van der Waals surface area contributed by atoms with E-state index in [4.69, 9.17) is 14.0 Å². The number of amides is 1. The van der Waals surface area contributed by atoms with E-state index in [9.17, 15) is 9.00 Å². The van der Waals surface area contributed by atoms with Gasteiger partial charge in [-0.1, -0.05) is 12.1 Å². The first-order chi connectivity index (χ1) is 14.4. The molecular weight excluding hydrogens is 406 g/mol. The maximum absolute atomic E-state index is 12.9. The van der Waals surface area contributed by atoms with Crippen molar-refractivity contribution in [2.45, 2.75) is 19.5 Å². The van der Waals surface area contributed by atoms with Crippen molar-refractivity contribution in [1.29, 1.82) is 0 Å². The Morgan fingerprint density at radius 3 is 2.50 bits per heavy atom. The zero-order chi connectivity index (χ0) is 21.7. The molecule has 2 atom stereocenters. The summed E-state index contributed by atoms with van der Waals surface area (Å²) in [5.74, 6) is 1.40. The maximum atomic E-state index is 12.9. The molecule has 0 radical (unpaired) electrons. The molecule has 1 unspecified atom stereocenters. The summed E-state index contributed by atoms with van der Waals surface area (Å²) in [4.78, 5) is 17.1. The molecule has 2 aromatic rings. The predicted molar refractivity (Wildman–Crippen MR) is 116 cm³/mol. The van der Waals surface area contributed by atoms with Crippen molar-refractivity contribution in [3.05, 3.63) is 53.6 Å². The van der Waals surface area contributed by atoms with Crippen LogP contribution in [0.4, 0.5) is 5.69 Å². The van der Waals surface area contributed by atoms with Crippen molar-refractivity contribution in [2.75, 3.05) is 38.6 Å². The lowest BCUT2D eigenvalue weighted by Gasteiger charge is -2.40. The van der Waals surface area contributed by atoms with Crippen LogP contribution in [-0.2, 0) is 17.8 Å².